The third-order valence-corrected chi connectivity index (χ3v) is 5.68. The highest BCUT2D eigenvalue weighted by Gasteiger charge is 2.15. The van der Waals surface area contributed by atoms with Gasteiger partial charge in [0, 0.05) is 20.1 Å². The van der Waals surface area contributed by atoms with Crippen LogP contribution in [0.2, 0.25) is 0 Å². The Morgan fingerprint density at radius 2 is 1.41 bits per heavy atom. The summed E-state index contributed by atoms with van der Waals surface area (Å²) in [7, 11) is 4.16. The van der Waals surface area contributed by atoms with Crippen LogP contribution in [0.5, 0.6) is 0 Å². The number of amides is 1. The zero-order chi connectivity index (χ0) is 25.7. The first-order valence-corrected chi connectivity index (χ1v) is 13.4. The lowest BCUT2D eigenvalue weighted by Gasteiger charge is -2.13. The molecule has 200 valence electrons. The number of unbranched alkanes of at least 4 members (excludes halogenated alkanes) is 10. The number of carbonyl (C=O) groups excluding carboxylic acids is 2. The van der Waals surface area contributed by atoms with E-state index in [2.05, 4.69) is 41.9 Å². The number of hydrogen-bond acceptors (Lipinski definition) is 5. The maximum atomic E-state index is 11.9. The van der Waals surface area contributed by atoms with Crippen molar-refractivity contribution in [3.8, 4) is 0 Å². The van der Waals surface area contributed by atoms with Gasteiger partial charge >= 0.3 is 5.97 Å². The van der Waals surface area contributed by atoms with E-state index in [1.54, 1.807) is 7.05 Å². The predicted octanol–water partition coefficient (Wildman–Crippen LogP) is 5.85. The van der Waals surface area contributed by atoms with E-state index in [0.29, 0.717) is 13.0 Å². The highest BCUT2D eigenvalue weighted by molar-refractivity contribution is 5.76. The molecule has 6 heteroatoms. The number of methoxy groups -OCH3 is 1. The van der Waals surface area contributed by atoms with Crippen molar-refractivity contribution in [3.05, 3.63) is 24.3 Å². The molecule has 1 amide bonds. The second kappa shape index (κ2) is 29.4. The topological polar surface area (TPSA) is 87.7 Å². The molecule has 0 aromatic carbocycles. The van der Waals surface area contributed by atoms with E-state index >= 15 is 0 Å². The fourth-order valence-electron chi connectivity index (χ4n) is 3.59. The summed E-state index contributed by atoms with van der Waals surface area (Å²) in [5.41, 5.74) is 0. The second-order valence-corrected chi connectivity index (χ2v) is 8.54. The van der Waals surface area contributed by atoms with Crippen molar-refractivity contribution in [2.45, 2.75) is 116 Å². The van der Waals surface area contributed by atoms with Gasteiger partial charge in [-0.05, 0) is 64.8 Å². The number of aliphatic hydroxyl groups is 1. The van der Waals surface area contributed by atoms with Gasteiger partial charge in [-0.25, -0.2) is 0 Å². The van der Waals surface area contributed by atoms with E-state index in [4.69, 9.17) is 9.84 Å². The number of likely N-dealkylation sites (N-methyl/N-ethyl adjacent to an activating group) is 1. The van der Waals surface area contributed by atoms with Crippen LogP contribution in [-0.4, -0.2) is 50.8 Å². The van der Waals surface area contributed by atoms with Crippen LogP contribution < -0.4 is 10.6 Å². The number of allylic oxidation sites excluding steroid dienone is 4. The molecule has 0 aliphatic carbocycles. The Morgan fingerprint density at radius 1 is 0.824 bits per heavy atom. The van der Waals surface area contributed by atoms with Gasteiger partial charge in [0.2, 0.25) is 5.91 Å². The summed E-state index contributed by atoms with van der Waals surface area (Å²) in [6, 6.07) is -0.256. The first-order chi connectivity index (χ1) is 16.7. The van der Waals surface area contributed by atoms with Gasteiger partial charge in [0.05, 0.1) is 7.11 Å². The number of aliphatic hydroxyl groups excluding tert-OH is 1. The zero-order valence-corrected chi connectivity index (χ0v) is 22.6. The standard InChI is InChI=1S/C27H50N2O3.CH4O/c1-4-5-6-7-8-9-10-11-12-13-14-15-16-17-18-19-23-26(30)29-24-21-20-22-25(28-2)27(31)32-3;1-2/h9-10,12-13,25,28H,4-8,11,14-24H2,1-3H3,(H,29,30);2H,1H3/b10-9-,13-12-;/t25-;/m0./s1. The minimum atomic E-state index is -0.256. The lowest BCUT2D eigenvalue weighted by atomic mass is 10.1. The number of carbonyl (C=O) groups is 2. The number of nitrogens with one attached hydrogen (secondary N) is 2. The average Bonchev–Trinajstić information content (AvgIpc) is 2.86. The molecule has 0 aromatic rings. The van der Waals surface area contributed by atoms with Gasteiger partial charge in [-0.1, -0.05) is 69.8 Å². The molecule has 1 atom stereocenters. The van der Waals surface area contributed by atoms with E-state index in [1.807, 2.05) is 0 Å². The Balaban J connectivity index is 0. The molecular weight excluding hydrogens is 428 g/mol. The number of hydrogen-bond donors (Lipinski definition) is 3. The summed E-state index contributed by atoms with van der Waals surface area (Å²) in [5, 5.41) is 12.9. The molecule has 0 rings (SSSR count). The molecule has 0 fully saturated rings. The molecule has 0 aromatic heterocycles. The van der Waals surface area contributed by atoms with Gasteiger partial charge < -0.3 is 20.5 Å². The van der Waals surface area contributed by atoms with E-state index < -0.39 is 0 Å². The highest BCUT2D eigenvalue weighted by Crippen LogP contribution is 2.08. The smallest absolute Gasteiger partial charge is 0.322 e. The summed E-state index contributed by atoms with van der Waals surface area (Å²) >= 11 is 0. The molecule has 3 N–H and O–H groups in total. The molecule has 34 heavy (non-hydrogen) atoms. The van der Waals surface area contributed by atoms with Crippen molar-refractivity contribution in [3.63, 3.8) is 0 Å². The summed E-state index contributed by atoms with van der Waals surface area (Å²) in [4.78, 5) is 23.4. The van der Waals surface area contributed by atoms with E-state index in [9.17, 15) is 9.59 Å². The van der Waals surface area contributed by atoms with Crippen LogP contribution in [0.4, 0.5) is 0 Å². The quantitative estimate of drug-likeness (QED) is 0.102. The second-order valence-electron chi connectivity index (χ2n) is 8.54. The number of ether oxygens (including phenoxy) is 1. The Kier molecular flexibility index (Phi) is 29.8. The third-order valence-electron chi connectivity index (χ3n) is 5.68. The van der Waals surface area contributed by atoms with Gasteiger partial charge in [-0.2, -0.15) is 0 Å². The molecule has 0 aliphatic heterocycles. The summed E-state index contributed by atoms with van der Waals surface area (Å²) in [5.74, 6) is -0.0855. The van der Waals surface area contributed by atoms with Gasteiger partial charge in [0.15, 0.2) is 0 Å². The molecule has 0 heterocycles. The van der Waals surface area contributed by atoms with E-state index in [1.165, 1.54) is 58.5 Å². The molecule has 0 spiro atoms. The Labute approximate surface area is 210 Å². The van der Waals surface area contributed by atoms with Crippen molar-refractivity contribution in [1.82, 2.24) is 10.6 Å². The minimum absolute atomic E-state index is 0.143. The predicted molar refractivity (Wildman–Crippen MR) is 144 cm³/mol. The van der Waals surface area contributed by atoms with Crippen LogP contribution >= 0.6 is 0 Å². The summed E-state index contributed by atoms with van der Waals surface area (Å²) in [6.45, 7) is 2.93. The van der Waals surface area contributed by atoms with Gasteiger partial charge in [0.1, 0.15) is 6.04 Å². The fourth-order valence-corrected chi connectivity index (χ4v) is 3.59. The van der Waals surface area contributed by atoms with Crippen molar-refractivity contribution in [1.29, 1.82) is 0 Å². The molecule has 0 radical (unpaired) electrons. The minimum Gasteiger partial charge on any atom is -0.468 e. The third kappa shape index (κ3) is 25.0. The van der Waals surface area contributed by atoms with Crippen LogP contribution in [-0.2, 0) is 14.3 Å². The van der Waals surface area contributed by atoms with Crippen molar-refractivity contribution in [2.24, 2.45) is 0 Å². The SMILES string of the molecule is CCCCCC/C=C\C/C=C\CCCCCCCC(=O)NCCCC[C@H](NC)C(=O)OC.CO. The lowest BCUT2D eigenvalue weighted by molar-refractivity contribution is -0.143. The molecule has 0 saturated heterocycles. The van der Waals surface area contributed by atoms with Crippen LogP contribution in [0.3, 0.4) is 0 Å². The molecule has 0 unspecified atom stereocenters. The first-order valence-electron chi connectivity index (χ1n) is 13.4. The van der Waals surface area contributed by atoms with Gasteiger partial charge in [-0.3, -0.25) is 9.59 Å². The van der Waals surface area contributed by atoms with Crippen molar-refractivity contribution < 1.29 is 19.4 Å². The maximum absolute atomic E-state index is 11.9. The van der Waals surface area contributed by atoms with Crippen LogP contribution in [0, 0.1) is 0 Å². The molecule has 6 nitrogen and oxygen atoms in total. The first kappa shape index (κ1) is 34.5. The van der Waals surface area contributed by atoms with Gasteiger partial charge in [0.25, 0.3) is 0 Å². The molecule has 0 saturated carbocycles. The Hall–Kier alpha value is -1.66. The Bertz CT molecular complexity index is 507. The monoisotopic (exact) mass is 482 g/mol. The number of esters is 1. The van der Waals surface area contributed by atoms with Crippen molar-refractivity contribution in [2.75, 3.05) is 27.8 Å². The van der Waals surface area contributed by atoms with Crippen LogP contribution in [0.15, 0.2) is 24.3 Å². The lowest BCUT2D eigenvalue weighted by Crippen LogP contribution is -2.35. The van der Waals surface area contributed by atoms with E-state index in [-0.39, 0.29) is 17.9 Å². The fraction of sp³-hybridized carbons (Fsp3) is 0.786. The summed E-state index contributed by atoms with van der Waals surface area (Å²) in [6.07, 6.45) is 26.9. The van der Waals surface area contributed by atoms with Crippen molar-refractivity contribution >= 4 is 11.9 Å². The van der Waals surface area contributed by atoms with E-state index in [0.717, 1.165) is 52.1 Å². The van der Waals surface area contributed by atoms with Crippen LogP contribution in [0.1, 0.15) is 110 Å². The molecule has 0 aliphatic rings. The largest absolute Gasteiger partial charge is 0.468 e. The summed E-state index contributed by atoms with van der Waals surface area (Å²) < 4.78 is 4.74. The average molecular weight is 483 g/mol. The highest BCUT2D eigenvalue weighted by atomic mass is 16.5. The number of rotatable bonds is 22. The maximum Gasteiger partial charge on any atom is 0.322 e. The van der Waals surface area contributed by atoms with Gasteiger partial charge in [-0.15, -0.1) is 0 Å². The zero-order valence-electron chi connectivity index (χ0n) is 22.6. The van der Waals surface area contributed by atoms with Crippen LogP contribution in [0.25, 0.3) is 0 Å². The Morgan fingerprint density at radius 3 is 2.00 bits per heavy atom. The molecule has 0 bridgehead atoms. The molecular formula is C28H54N2O4. The normalized spacial score (nSPS) is 11.9.